The van der Waals surface area contributed by atoms with E-state index in [0.29, 0.717) is 17.3 Å². The smallest absolute Gasteiger partial charge is 0.236 e. The molecular formula is C20H19N3O2S2. The largest absolute Gasteiger partial charge is 0.326 e. The summed E-state index contributed by atoms with van der Waals surface area (Å²) in [5, 5.41) is 8.18. The number of aromatic nitrogens is 1. The predicted molar refractivity (Wildman–Crippen MR) is 111 cm³/mol. The molecule has 27 heavy (non-hydrogen) atoms. The number of hydrogen-bond acceptors (Lipinski definition) is 5. The van der Waals surface area contributed by atoms with Gasteiger partial charge in [-0.15, -0.1) is 23.1 Å². The maximum absolute atomic E-state index is 12.1. The van der Waals surface area contributed by atoms with Gasteiger partial charge in [-0.1, -0.05) is 30.3 Å². The van der Waals surface area contributed by atoms with Gasteiger partial charge in [-0.05, 0) is 36.8 Å². The Balaban J connectivity index is 1.45. The van der Waals surface area contributed by atoms with Crippen LogP contribution in [-0.4, -0.2) is 22.6 Å². The average molecular weight is 398 g/mol. The number of nitrogens with zero attached hydrogens (tertiary/aromatic N) is 1. The van der Waals surface area contributed by atoms with Crippen LogP contribution in [0.25, 0.3) is 0 Å². The Labute approximate surface area is 166 Å². The third-order valence-electron chi connectivity index (χ3n) is 3.58. The lowest BCUT2D eigenvalue weighted by molar-refractivity contribution is -0.115. The van der Waals surface area contributed by atoms with E-state index in [1.165, 1.54) is 23.1 Å². The number of carbonyl (C=O) groups excluding carboxylic acids is 2. The molecular weight excluding hydrogens is 378 g/mol. The first-order valence-corrected chi connectivity index (χ1v) is 10.2. The molecule has 0 aliphatic rings. The van der Waals surface area contributed by atoms with Crippen LogP contribution in [0.4, 0.5) is 10.8 Å². The highest BCUT2D eigenvalue weighted by molar-refractivity contribution is 8.00. The zero-order valence-electron chi connectivity index (χ0n) is 14.8. The van der Waals surface area contributed by atoms with E-state index in [-0.39, 0.29) is 11.8 Å². The summed E-state index contributed by atoms with van der Waals surface area (Å²) in [5.74, 6) is 0.160. The van der Waals surface area contributed by atoms with Gasteiger partial charge in [0, 0.05) is 16.0 Å². The number of carbonyl (C=O) groups is 2. The van der Waals surface area contributed by atoms with E-state index >= 15 is 0 Å². The Morgan fingerprint density at radius 3 is 2.41 bits per heavy atom. The molecule has 0 atom stereocenters. The van der Waals surface area contributed by atoms with Crippen molar-refractivity contribution in [3.8, 4) is 0 Å². The highest BCUT2D eigenvalue weighted by Gasteiger charge is 2.07. The molecule has 2 N–H and O–H groups in total. The van der Waals surface area contributed by atoms with Crippen molar-refractivity contribution < 1.29 is 9.59 Å². The van der Waals surface area contributed by atoms with E-state index in [1.54, 1.807) is 0 Å². The Morgan fingerprint density at radius 1 is 1.00 bits per heavy atom. The fourth-order valence-corrected chi connectivity index (χ4v) is 3.74. The summed E-state index contributed by atoms with van der Waals surface area (Å²) in [6.07, 6.45) is 0.341. The Bertz CT molecular complexity index is 908. The SMILES string of the molecule is Cc1csc(NC(=O)CSc2ccc(NC(=O)Cc3ccccc3)cc2)n1. The summed E-state index contributed by atoms with van der Waals surface area (Å²) in [7, 11) is 0. The normalized spacial score (nSPS) is 10.4. The molecule has 1 heterocycles. The molecule has 0 aliphatic carbocycles. The van der Waals surface area contributed by atoms with Gasteiger partial charge >= 0.3 is 0 Å². The van der Waals surface area contributed by atoms with Crippen LogP contribution >= 0.6 is 23.1 Å². The number of nitrogens with one attached hydrogen (secondary N) is 2. The van der Waals surface area contributed by atoms with Gasteiger partial charge < -0.3 is 10.6 Å². The van der Waals surface area contributed by atoms with Crippen LogP contribution in [0.15, 0.2) is 64.9 Å². The lowest BCUT2D eigenvalue weighted by atomic mass is 10.1. The molecule has 1 aromatic heterocycles. The van der Waals surface area contributed by atoms with E-state index in [0.717, 1.165) is 21.8 Å². The van der Waals surface area contributed by atoms with Crippen LogP contribution in [0.3, 0.4) is 0 Å². The van der Waals surface area contributed by atoms with E-state index in [9.17, 15) is 9.59 Å². The minimum Gasteiger partial charge on any atom is -0.326 e. The fourth-order valence-electron chi connectivity index (χ4n) is 2.34. The second kappa shape index (κ2) is 9.34. The van der Waals surface area contributed by atoms with Crippen molar-refractivity contribution in [2.24, 2.45) is 0 Å². The number of anilines is 2. The molecule has 2 amide bonds. The Morgan fingerprint density at radius 2 is 1.74 bits per heavy atom. The topological polar surface area (TPSA) is 71.1 Å². The summed E-state index contributed by atoms with van der Waals surface area (Å²) in [6, 6.07) is 17.1. The van der Waals surface area contributed by atoms with E-state index in [4.69, 9.17) is 0 Å². The molecule has 2 aromatic carbocycles. The van der Waals surface area contributed by atoms with Gasteiger partial charge in [0.1, 0.15) is 0 Å². The zero-order chi connectivity index (χ0) is 19.1. The molecule has 3 rings (SSSR count). The Hall–Kier alpha value is -2.64. The minimum atomic E-state index is -0.0883. The van der Waals surface area contributed by atoms with Crippen LogP contribution in [0.1, 0.15) is 11.3 Å². The maximum atomic E-state index is 12.1. The molecule has 0 spiro atoms. The van der Waals surface area contributed by atoms with Crippen molar-refractivity contribution in [1.82, 2.24) is 4.98 Å². The van der Waals surface area contributed by atoms with Gasteiger partial charge in [0.15, 0.2) is 5.13 Å². The number of rotatable bonds is 7. The lowest BCUT2D eigenvalue weighted by Gasteiger charge is -2.07. The number of aryl methyl sites for hydroxylation is 1. The van der Waals surface area contributed by atoms with Crippen LogP contribution in [0.5, 0.6) is 0 Å². The maximum Gasteiger partial charge on any atom is 0.236 e. The summed E-state index contributed by atoms with van der Waals surface area (Å²) in [5.41, 5.74) is 2.61. The first-order chi connectivity index (χ1) is 13.1. The van der Waals surface area contributed by atoms with Gasteiger partial charge in [0.2, 0.25) is 11.8 Å². The molecule has 7 heteroatoms. The van der Waals surface area contributed by atoms with Crippen molar-refractivity contribution in [2.75, 3.05) is 16.4 Å². The van der Waals surface area contributed by atoms with Gasteiger partial charge in [-0.2, -0.15) is 0 Å². The average Bonchev–Trinajstić information content (AvgIpc) is 3.06. The van der Waals surface area contributed by atoms with Crippen LogP contribution in [0, 0.1) is 6.92 Å². The molecule has 0 saturated carbocycles. The number of thiazole rings is 1. The van der Waals surface area contributed by atoms with Crippen molar-refractivity contribution >= 4 is 45.7 Å². The zero-order valence-corrected chi connectivity index (χ0v) is 16.4. The van der Waals surface area contributed by atoms with E-state index in [1.807, 2.05) is 66.9 Å². The predicted octanol–water partition coefficient (Wildman–Crippen LogP) is 4.36. The van der Waals surface area contributed by atoms with Crippen molar-refractivity contribution in [1.29, 1.82) is 0 Å². The van der Waals surface area contributed by atoms with E-state index in [2.05, 4.69) is 15.6 Å². The summed E-state index contributed by atoms with van der Waals surface area (Å²) in [4.78, 5) is 29.2. The van der Waals surface area contributed by atoms with Crippen LogP contribution in [0.2, 0.25) is 0 Å². The van der Waals surface area contributed by atoms with Gasteiger partial charge in [-0.3, -0.25) is 9.59 Å². The number of amides is 2. The molecule has 138 valence electrons. The van der Waals surface area contributed by atoms with Gasteiger partial charge in [0.25, 0.3) is 0 Å². The molecule has 0 saturated heterocycles. The second-order valence-electron chi connectivity index (χ2n) is 5.87. The third-order valence-corrected chi connectivity index (χ3v) is 5.47. The van der Waals surface area contributed by atoms with Crippen LogP contribution in [-0.2, 0) is 16.0 Å². The number of hydrogen-bond donors (Lipinski definition) is 2. The summed E-state index contributed by atoms with van der Waals surface area (Å²) >= 11 is 2.85. The first-order valence-electron chi connectivity index (χ1n) is 8.37. The summed E-state index contributed by atoms with van der Waals surface area (Å²) in [6.45, 7) is 1.89. The Kier molecular flexibility index (Phi) is 6.62. The molecule has 0 bridgehead atoms. The quantitative estimate of drug-likeness (QED) is 0.581. The monoisotopic (exact) mass is 397 g/mol. The second-order valence-corrected chi connectivity index (χ2v) is 7.77. The third kappa shape index (κ3) is 6.23. The summed E-state index contributed by atoms with van der Waals surface area (Å²) < 4.78 is 0. The minimum absolute atomic E-state index is 0.0558. The first kappa shape index (κ1) is 19.1. The lowest BCUT2D eigenvalue weighted by Crippen LogP contribution is -2.14. The molecule has 5 nitrogen and oxygen atoms in total. The van der Waals surface area contributed by atoms with Gasteiger partial charge in [-0.25, -0.2) is 4.98 Å². The molecule has 0 fully saturated rings. The molecule has 0 aliphatic heterocycles. The van der Waals surface area contributed by atoms with Gasteiger partial charge in [0.05, 0.1) is 17.9 Å². The highest BCUT2D eigenvalue weighted by Crippen LogP contribution is 2.21. The van der Waals surface area contributed by atoms with Crippen molar-refractivity contribution in [2.45, 2.75) is 18.2 Å². The molecule has 0 unspecified atom stereocenters. The van der Waals surface area contributed by atoms with Crippen molar-refractivity contribution in [3.05, 3.63) is 71.2 Å². The highest BCUT2D eigenvalue weighted by atomic mass is 32.2. The standard InChI is InChI=1S/C20H19N3O2S2/c1-14-12-27-20(21-14)23-19(25)13-26-17-9-7-16(8-10-17)22-18(24)11-15-5-3-2-4-6-15/h2-10,12H,11,13H2,1H3,(H,22,24)(H,21,23,25). The van der Waals surface area contributed by atoms with E-state index < -0.39 is 0 Å². The molecule has 3 aromatic rings. The van der Waals surface area contributed by atoms with Crippen LogP contribution < -0.4 is 10.6 Å². The fraction of sp³-hybridized carbons (Fsp3) is 0.150. The van der Waals surface area contributed by atoms with Crippen molar-refractivity contribution in [3.63, 3.8) is 0 Å². The molecule has 0 radical (unpaired) electrons. The number of benzene rings is 2. The number of thioether (sulfide) groups is 1.